The highest BCUT2D eigenvalue weighted by Gasteiger charge is 2.29. The number of halogens is 1. The maximum absolute atomic E-state index is 13.2. The van der Waals surface area contributed by atoms with Crippen LogP contribution in [0.5, 0.6) is 0 Å². The van der Waals surface area contributed by atoms with Gasteiger partial charge in [-0.25, -0.2) is 9.37 Å². The van der Waals surface area contributed by atoms with E-state index in [-0.39, 0.29) is 16.4 Å². The maximum Gasteiger partial charge on any atom is 0.281 e. The maximum atomic E-state index is 13.2. The second kappa shape index (κ2) is 5.03. The Kier molecular flexibility index (Phi) is 3.66. The van der Waals surface area contributed by atoms with Gasteiger partial charge in [-0.3, -0.25) is 4.72 Å². The Hall–Kier alpha value is -2.09. The topological polar surface area (TPSA) is 101 Å². The summed E-state index contributed by atoms with van der Waals surface area (Å²) in [4.78, 5) is 6.69. The summed E-state index contributed by atoms with van der Waals surface area (Å²) in [5.74, 6) is -0.583. The van der Waals surface area contributed by atoms with Crippen LogP contribution in [0.15, 0.2) is 29.6 Å². The van der Waals surface area contributed by atoms with Gasteiger partial charge in [0.05, 0.1) is 23.4 Å². The molecule has 2 aromatic rings. The van der Waals surface area contributed by atoms with E-state index in [1.807, 2.05) is 20.8 Å². The number of benzene rings is 1. The number of H-pyrrole nitrogens is 1. The van der Waals surface area contributed by atoms with Crippen LogP contribution in [-0.2, 0) is 15.4 Å². The van der Waals surface area contributed by atoms with Crippen LogP contribution in [0.3, 0.4) is 0 Å². The number of hydrogen-bond acceptors (Lipinski definition) is 4. The summed E-state index contributed by atoms with van der Waals surface area (Å²) in [6.07, 6.45) is 1.31. The number of anilines is 2. The quantitative estimate of drug-likeness (QED) is 0.756. The van der Waals surface area contributed by atoms with Crippen molar-refractivity contribution in [3.63, 3.8) is 0 Å². The Bertz CT molecular complexity index is 763. The van der Waals surface area contributed by atoms with E-state index in [0.29, 0.717) is 5.69 Å². The average molecular weight is 312 g/mol. The summed E-state index contributed by atoms with van der Waals surface area (Å²) < 4.78 is 40.3. The highest BCUT2D eigenvalue weighted by atomic mass is 32.2. The van der Waals surface area contributed by atoms with Crippen molar-refractivity contribution in [2.45, 2.75) is 31.2 Å². The predicted octanol–water partition coefficient (Wildman–Crippen LogP) is 2.23. The monoisotopic (exact) mass is 312 g/mol. The van der Waals surface area contributed by atoms with E-state index < -0.39 is 21.3 Å². The molecule has 0 bridgehead atoms. The first-order valence-electron chi connectivity index (χ1n) is 6.23. The molecule has 114 valence electrons. The van der Waals surface area contributed by atoms with Gasteiger partial charge < -0.3 is 10.7 Å². The molecular weight excluding hydrogens is 295 g/mol. The van der Waals surface area contributed by atoms with Crippen LogP contribution in [0, 0.1) is 5.82 Å². The lowest BCUT2D eigenvalue weighted by atomic mass is 9.93. The summed E-state index contributed by atoms with van der Waals surface area (Å²) in [5.41, 5.74) is 5.79. The molecule has 0 amide bonds. The van der Waals surface area contributed by atoms with Crippen molar-refractivity contribution in [2.24, 2.45) is 0 Å². The van der Waals surface area contributed by atoms with Crippen molar-refractivity contribution in [3.05, 3.63) is 36.0 Å². The first-order valence-corrected chi connectivity index (χ1v) is 7.71. The normalized spacial score (nSPS) is 12.4. The highest BCUT2D eigenvalue weighted by Crippen LogP contribution is 2.28. The average Bonchev–Trinajstić information content (AvgIpc) is 2.83. The Labute approximate surface area is 122 Å². The number of aromatic nitrogens is 2. The zero-order valence-corrected chi connectivity index (χ0v) is 12.8. The van der Waals surface area contributed by atoms with Crippen molar-refractivity contribution in [2.75, 3.05) is 10.5 Å². The molecule has 1 aromatic carbocycles. The Morgan fingerprint density at radius 2 is 2.00 bits per heavy atom. The third-order valence-corrected chi connectivity index (χ3v) is 4.18. The number of aromatic amines is 1. The van der Waals surface area contributed by atoms with Crippen LogP contribution in [0.25, 0.3) is 0 Å². The molecule has 0 atom stereocenters. The van der Waals surface area contributed by atoms with Crippen LogP contribution in [0.4, 0.5) is 15.8 Å². The summed E-state index contributed by atoms with van der Waals surface area (Å²) in [7, 11) is -3.96. The summed E-state index contributed by atoms with van der Waals surface area (Å²) >= 11 is 0. The summed E-state index contributed by atoms with van der Waals surface area (Å²) in [6, 6.07) is 3.47. The number of rotatable bonds is 3. The standard InChI is InChI=1S/C13H17FN4O2S/c1-13(2,3)11-12(17-7-16-11)21(19,20)18-10-6-8(14)4-5-9(10)15/h4-7,18H,15H2,1-3H3,(H,16,17). The molecular formula is C13H17FN4O2S. The molecule has 4 N–H and O–H groups in total. The molecule has 0 aliphatic rings. The molecule has 0 aliphatic carbocycles. The number of nitrogens with two attached hydrogens (primary N) is 1. The lowest BCUT2D eigenvalue weighted by Gasteiger charge is -2.18. The van der Waals surface area contributed by atoms with Gasteiger partial charge in [0.2, 0.25) is 0 Å². The molecule has 1 aromatic heterocycles. The third-order valence-electron chi connectivity index (χ3n) is 2.87. The minimum Gasteiger partial charge on any atom is -0.397 e. The van der Waals surface area contributed by atoms with Crippen molar-refractivity contribution in [3.8, 4) is 0 Å². The van der Waals surface area contributed by atoms with E-state index in [1.165, 1.54) is 12.4 Å². The minimum atomic E-state index is -3.96. The molecule has 0 saturated carbocycles. The van der Waals surface area contributed by atoms with Crippen LogP contribution in [0.1, 0.15) is 26.5 Å². The first kappa shape index (κ1) is 15.3. The number of nitrogens with zero attached hydrogens (tertiary/aromatic N) is 1. The zero-order valence-electron chi connectivity index (χ0n) is 11.9. The second-order valence-corrected chi connectivity index (χ2v) is 7.27. The van der Waals surface area contributed by atoms with Crippen molar-refractivity contribution < 1.29 is 12.8 Å². The van der Waals surface area contributed by atoms with Gasteiger partial charge in [-0.15, -0.1) is 0 Å². The van der Waals surface area contributed by atoms with Gasteiger partial charge in [0.15, 0.2) is 5.03 Å². The predicted molar refractivity (Wildman–Crippen MR) is 78.9 cm³/mol. The van der Waals surface area contributed by atoms with E-state index in [1.54, 1.807) is 0 Å². The minimum absolute atomic E-state index is 0.0159. The Balaban J connectivity index is 2.45. The Morgan fingerprint density at radius 3 is 2.62 bits per heavy atom. The smallest absolute Gasteiger partial charge is 0.281 e. The van der Waals surface area contributed by atoms with Gasteiger partial charge in [0.25, 0.3) is 10.0 Å². The molecule has 0 saturated heterocycles. The fraction of sp³-hybridized carbons (Fsp3) is 0.308. The molecule has 1 heterocycles. The van der Waals surface area contributed by atoms with Gasteiger partial charge >= 0.3 is 0 Å². The van der Waals surface area contributed by atoms with Gasteiger partial charge in [0, 0.05) is 11.5 Å². The molecule has 6 nitrogen and oxygen atoms in total. The van der Waals surface area contributed by atoms with Crippen molar-refractivity contribution in [1.82, 2.24) is 9.97 Å². The van der Waals surface area contributed by atoms with Crippen LogP contribution >= 0.6 is 0 Å². The van der Waals surface area contributed by atoms with Gasteiger partial charge in [-0.05, 0) is 12.1 Å². The molecule has 0 spiro atoms. The zero-order chi connectivity index (χ0) is 15.8. The summed E-state index contributed by atoms with van der Waals surface area (Å²) in [5, 5.41) is -0.126. The molecule has 21 heavy (non-hydrogen) atoms. The highest BCUT2D eigenvalue weighted by molar-refractivity contribution is 7.92. The van der Waals surface area contributed by atoms with Gasteiger partial charge in [0.1, 0.15) is 5.82 Å². The third kappa shape index (κ3) is 3.15. The molecule has 0 radical (unpaired) electrons. The lowest BCUT2D eigenvalue weighted by molar-refractivity contribution is 0.547. The number of hydrogen-bond donors (Lipinski definition) is 3. The number of sulfonamides is 1. The summed E-state index contributed by atoms with van der Waals surface area (Å²) in [6.45, 7) is 5.57. The molecule has 0 unspecified atom stereocenters. The van der Waals surface area contributed by atoms with Crippen LogP contribution in [-0.4, -0.2) is 18.4 Å². The molecule has 0 aliphatic heterocycles. The first-order chi connectivity index (χ1) is 9.61. The number of nitrogens with one attached hydrogen (secondary N) is 2. The van der Waals surface area contributed by atoms with Crippen molar-refractivity contribution >= 4 is 21.4 Å². The lowest BCUT2D eigenvalue weighted by Crippen LogP contribution is -2.21. The van der Waals surface area contributed by atoms with Gasteiger partial charge in [-0.2, -0.15) is 8.42 Å². The van der Waals surface area contributed by atoms with E-state index >= 15 is 0 Å². The fourth-order valence-electron chi connectivity index (χ4n) is 1.83. The van der Waals surface area contributed by atoms with Crippen molar-refractivity contribution in [1.29, 1.82) is 0 Å². The largest absolute Gasteiger partial charge is 0.397 e. The fourth-order valence-corrected chi connectivity index (χ4v) is 3.22. The molecule has 8 heteroatoms. The van der Waals surface area contributed by atoms with E-state index in [2.05, 4.69) is 14.7 Å². The second-order valence-electron chi connectivity index (χ2n) is 5.67. The van der Waals surface area contributed by atoms with E-state index in [9.17, 15) is 12.8 Å². The number of nitrogen functional groups attached to an aromatic ring is 1. The molecule has 0 fully saturated rings. The Morgan fingerprint density at radius 1 is 1.33 bits per heavy atom. The van der Waals surface area contributed by atoms with Crippen LogP contribution in [0.2, 0.25) is 0 Å². The number of imidazole rings is 1. The van der Waals surface area contributed by atoms with E-state index in [4.69, 9.17) is 5.73 Å². The van der Waals surface area contributed by atoms with E-state index in [0.717, 1.165) is 12.1 Å². The molecule has 2 rings (SSSR count). The SMILES string of the molecule is CC(C)(C)c1[nH]cnc1S(=O)(=O)Nc1cc(F)ccc1N. The van der Waals surface area contributed by atoms with Crippen LogP contribution < -0.4 is 10.5 Å². The van der Waals surface area contributed by atoms with Gasteiger partial charge in [-0.1, -0.05) is 20.8 Å².